The summed E-state index contributed by atoms with van der Waals surface area (Å²) in [6, 6.07) is 8.79. The molecule has 0 aliphatic carbocycles. The van der Waals surface area contributed by atoms with Gasteiger partial charge in [-0.3, -0.25) is 9.69 Å². The number of thioether (sulfide) groups is 1. The molecule has 2 fully saturated rings. The molecule has 1 aromatic carbocycles. The Hall–Kier alpha value is -1.73. The summed E-state index contributed by atoms with van der Waals surface area (Å²) in [5.41, 5.74) is 2.65. The van der Waals surface area contributed by atoms with Crippen LogP contribution in [0.25, 0.3) is 0 Å². The number of carbonyl (C=O) groups excluding carboxylic acids is 2. The fourth-order valence-electron chi connectivity index (χ4n) is 3.89. The number of urea groups is 1. The Morgan fingerprint density at radius 2 is 1.77 bits per heavy atom. The molecule has 6 nitrogen and oxygen atoms in total. The van der Waals surface area contributed by atoms with Gasteiger partial charge in [-0.15, -0.1) is 11.8 Å². The van der Waals surface area contributed by atoms with Crippen LogP contribution in [0, 0.1) is 0 Å². The van der Waals surface area contributed by atoms with E-state index in [2.05, 4.69) is 62.2 Å². The van der Waals surface area contributed by atoms with Gasteiger partial charge < -0.3 is 15.1 Å². The average molecular weight is 433 g/mol. The highest BCUT2D eigenvalue weighted by atomic mass is 32.2. The van der Waals surface area contributed by atoms with E-state index in [0.717, 1.165) is 52.2 Å². The Kier molecular flexibility index (Phi) is 7.69. The summed E-state index contributed by atoms with van der Waals surface area (Å²) >= 11 is 1.72. The van der Waals surface area contributed by atoms with E-state index < -0.39 is 0 Å². The summed E-state index contributed by atoms with van der Waals surface area (Å²) < 4.78 is 0. The van der Waals surface area contributed by atoms with Gasteiger partial charge in [0.1, 0.15) is 5.37 Å². The molecule has 0 spiro atoms. The number of nitrogens with zero attached hydrogens (tertiary/aromatic N) is 3. The number of piperazine rings is 1. The van der Waals surface area contributed by atoms with Crippen molar-refractivity contribution in [2.24, 2.45) is 0 Å². The quantitative estimate of drug-likeness (QED) is 0.749. The fourth-order valence-corrected chi connectivity index (χ4v) is 5.11. The first-order chi connectivity index (χ1) is 14.3. The zero-order chi connectivity index (χ0) is 21.7. The summed E-state index contributed by atoms with van der Waals surface area (Å²) in [6.07, 6.45) is 0.952. The highest BCUT2D eigenvalue weighted by molar-refractivity contribution is 8.00. The number of nitrogens with one attached hydrogen (secondary N) is 1. The largest absolute Gasteiger partial charge is 0.338 e. The van der Waals surface area contributed by atoms with Crippen LogP contribution in [0.5, 0.6) is 0 Å². The van der Waals surface area contributed by atoms with Crippen molar-refractivity contribution in [2.75, 3.05) is 51.6 Å². The molecule has 0 aromatic heterocycles. The van der Waals surface area contributed by atoms with Crippen molar-refractivity contribution < 1.29 is 9.59 Å². The van der Waals surface area contributed by atoms with E-state index in [1.165, 1.54) is 11.1 Å². The normalized spacial score (nSPS) is 20.7. The second kappa shape index (κ2) is 10.1. The van der Waals surface area contributed by atoms with Gasteiger partial charge in [-0.2, -0.15) is 0 Å². The lowest BCUT2D eigenvalue weighted by Crippen LogP contribution is -2.53. The third kappa shape index (κ3) is 5.70. The lowest BCUT2D eigenvalue weighted by Gasteiger charge is -2.36. The molecule has 7 heteroatoms. The van der Waals surface area contributed by atoms with Crippen molar-refractivity contribution in [3.63, 3.8) is 0 Å². The van der Waals surface area contributed by atoms with Gasteiger partial charge in [0.15, 0.2) is 0 Å². The highest BCUT2D eigenvalue weighted by Gasteiger charge is 2.33. The lowest BCUT2D eigenvalue weighted by atomic mass is 9.87. The minimum atomic E-state index is 0.0430. The van der Waals surface area contributed by atoms with Crippen LogP contribution in [0.2, 0.25) is 0 Å². The van der Waals surface area contributed by atoms with E-state index >= 15 is 0 Å². The zero-order valence-electron chi connectivity index (χ0n) is 18.8. The number of hydrogen-bond acceptors (Lipinski definition) is 4. The summed E-state index contributed by atoms with van der Waals surface area (Å²) in [6.45, 7) is 14.2. The molecule has 2 aliphatic heterocycles. The molecular weight excluding hydrogens is 396 g/mol. The maximum absolute atomic E-state index is 12.5. The summed E-state index contributed by atoms with van der Waals surface area (Å²) in [7, 11) is 0. The number of benzene rings is 1. The summed E-state index contributed by atoms with van der Waals surface area (Å²) in [5.74, 6) is 0.777. The SMILES string of the molecule is CCCNC(=O)N1CCN(CCN2C(=O)CS[C@@H]2c2ccc(C(C)(C)C)cc2)CC1. The van der Waals surface area contributed by atoms with Crippen molar-refractivity contribution in [3.8, 4) is 0 Å². The molecule has 0 saturated carbocycles. The van der Waals surface area contributed by atoms with Gasteiger partial charge in [-0.05, 0) is 23.0 Å². The highest BCUT2D eigenvalue weighted by Crippen LogP contribution is 2.39. The predicted molar refractivity (Wildman–Crippen MR) is 124 cm³/mol. The van der Waals surface area contributed by atoms with Crippen LogP contribution in [0.1, 0.15) is 50.6 Å². The minimum Gasteiger partial charge on any atom is -0.338 e. The average Bonchev–Trinajstić information content (AvgIpc) is 3.10. The van der Waals surface area contributed by atoms with Gasteiger partial charge in [0.05, 0.1) is 5.75 Å². The topological polar surface area (TPSA) is 55.9 Å². The summed E-state index contributed by atoms with van der Waals surface area (Å²) in [4.78, 5) is 30.9. The van der Waals surface area contributed by atoms with Gasteiger partial charge in [0.2, 0.25) is 5.91 Å². The molecular formula is C23H36N4O2S. The Morgan fingerprint density at radius 3 is 2.37 bits per heavy atom. The molecule has 2 heterocycles. The first kappa shape index (κ1) is 22.9. The van der Waals surface area contributed by atoms with Gasteiger partial charge in [0.25, 0.3) is 0 Å². The van der Waals surface area contributed by atoms with Crippen molar-refractivity contribution in [1.82, 2.24) is 20.0 Å². The monoisotopic (exact) mass is 432 g/mol. The maximum Gasteiger partial charge on any atom is 0.317 e. The van der Waals surface area contributed by atoms with Crippen LogP contribution < -0.4 is 5.32 Å². The van der Waals surface area contributed by atoms with E-state index in [1.54, 1.807) is 11.8 Å². The van der Waals surface area contributed by atoms with E-state index in [9.17, 15) is 9.59 Å². The Balaban J connectivity index is 1.52. The molecule has 2 saturated heterocycles. The Bertz CT molecular complexity index is 724. The van der Waals surface area contributed by atoms with Crippen LogP contribution in [0.4, 0.5) is 4.79 Å². The summed E-state index contributed by atoms with van der Waals surface area (Å²) in [5, 5.41) is 3.05. The Labute approximate surface area is 185 Å². The van der Waals surface area contributed by atoms with Crippen molar-refractivity contribution in [2.45, 2.75) is 44.9 Å². The molecule has 0 radical (unpaired) electrons. The number of rotatable bonds is 6. The van der Waals surface area contributed by atoms with E-state index in [4.69, 9.17) is 0 Å². The second-order valence-electron chi connectivity index (χ2n) is 9.18. The van der Waals surface area contributed by atoms with Gasteiger partial charge in [0, 0.05) is 45.8 Å². The molecule has 30 heavy (non-hydrogen) atoms. The molecule has 1 N–H and O–H groups in total. The molecule has 0 bridgehead atoms. The maximum atomic E-state index is 12.5. The van der Waals surface area contributed by atoms with Crippen molar-refractivity contribution in [3.05, 3.63) is 35.4 Å². The molecule has 166 valence electrons. The van der Waals surface area contributed by atoms with Crippen LogP contribution in [0.15, 0.2) is 24.3 Å². The second-order valence-corrected chi connectivity index (χ2v) is 10.3. The Morgan fingerprint density at radius 1 is 1.10 bits per heavy atom. The van der Waals surface area contributed by atoms with E-state index in [1.807, 2.05) is 9.80 Å². The van der Waals surface area contributed by atoms with Crippen LogP contribution >= 0.6 is 11.8 Å². The van der Waals surface area contributed by atoms with Crippen LogP contribution in [0.3, 0.4) is 0 Å². The van der Waals surface area contributed by atoms with Gasteiger partial charge >= 0.3 is 6.03 Å². The third-order valence-corrected chi connectivity index (χ3v) is 7.13. The predicted octanol–water partition coefficient (Wildman–Crippen LogP) is 3.30. The number of carbonyl (C=O) groups is 2. The smallest absolute Gasteiger partial charge is 0.317 e. The number of hydrogen-bond donors (Lipinski definition) is 1. The first-order valence-electron chi connectivity index (χ1n) is 11.1. The van der Waals surface area contributed by atoms with Crippen molar-refractivity contribution >= 4 is 23.7 Å². The van der Waals surface area contributed by atoms with Crippen LogP contribution in [-0.2, 0) is 10.2 Å². The molecule has 1 aromatic rings. The minimum absolute atomic E-state index is 0.0430. The fraction of sp³-hybridized carbons (Fsp3) is 0.652. The molecule has 3 rings (SSSR count). The van der Waals surface area contributed by atoms with Crippen molar-refractivity contribution in [1.29, 1.82) is 0 Å². The number of amides is 3. The first-order valence-corrected chi connectivity index (χ1v) is 12.1. The molecule has 1 atom stereocenters. The zero-order valence-corrected chi connectivity index (χ0v) is 19.6. The van der Waals surface area contributed by atoms with E-state index in [0.29, 0.717) is 5.75 Å². The van der Waals surface area contributed by atoms with E-state index in [-0.39, 0.29) is 22.7 Å². The third-order valence-electron chi connectivity index (χ3n) is 5.87. The lowest BCUT2D eigenvalue weighted by molar-refractivity contribution is -0.128. The van der Waals surface area contributed by atoms with Gasteiger partial charge in [-0.25, -0.2) is 4.79 Å². The molecule has 3 amide bonds. The molecule has 0 unspecified atom stereocenters. The molecule has 2 aliphatic rings. The standard InChI is InChI=1S/C23H36N4O2S/c1-5-10-24-22(29)26-14-11-25(12-15-26)13-16-27-20(28)17-30-21(27)18-6-8-19(9-7-18)23(2,3)4/h6-9,21H,5,10-17H2,1-4H3,(H,24,29)/t21-/m1/s1. The van der Waals surface area contributed by atoms with Crippen LogP contribution in [-0.4, -0.2) is 78.2 Å². The van der Waals surface area contributed by atoms with Gasteiger partial charge in [-0.1, -0.05) is 52.0 Å².